The summed E-state index contributed by atoms with van der Waals surface area (Å²) in [6.45, 7) is 10.2. The molecule has 2 N–H and O–H groups in total. The molecule has 1 aromatic carbocycles. The monoisotopic (exact) mass is 260 g/mol. The number of anilines is 1. The van der Waals surface area contributed by atoms with Crippen molar-refractivity contribution in [1.82, 2.24) is 0 Å². The van der Waals surface area contributed by atoms with Gasteiger partial charge in [0.1, 0.15) is 0 Å². The van der Waals surface area contributed by atoms with Gasteiger partial charge in [-0.25, -0.2) is 0 Å². The van der Waals surface area contributed by atoms with Gasteiger partial charge in [-0.2, -0.15) is 0 Å². The second kappa shape index (κ2) is 5.54. The smallest absolute Gasteiger partial charge is 0.0373 e. The summed E-state index contributed by atoms with van der Waals surface area (Å²) in [5, 5.41) is 0. The van der Waals surface area contributed by atoms with Crippen LogP contribution in [0.4, 0.5) is 5.69 Å². The van der Waals surface area contributed by atoms with E-state index in [4.69, 9.17) is 5.73 Å². The minimum Gasteiger partial charge on any atom is -0.366 e. The standard InChI is InChI=1S/C17H28N2/c1-5-15(18)12-14-7-8-16(11-13(14)2)19-10-6-9-17(19,3)4/h7-8,11,15H,5-6,9-10,12,18H2,1-4H3. The van der Waals surface area contributed by atoms with Gasteiger partial charge < -0.3 is 10.6 Å². The number of hydrogen-bond donors (Lipinski definition) is 1. The van der Waals surface area contributed by atoms with E-state index in [1.807, 2.05) is 0 Å². The fourth-order valence-corrected chi connectivity index (χ4v) is 3.09. The molecule has 1 fully saturated rings. The van der Waals surface area contributed by atoms with Gasteiger partial charge in [0.2, 0.25) is 0 Å². The van der Waals surface area contributed by atoms with Crippen molar-refractivity contribution in [2.24, 2.45) is 5.73 Å². The quantitative estimate of drug-likeness (QED) is 0.895. The average Bonchev–Trinajstić information content (AvgIpc) is 2.71. The van der Waals surface area contributed by atoms with Crippen LogP contribution in [-0.2, 0) is 6.42 Å². The molecule has 0 aliphatic carbocycles. The normalized spacial score (nSPS) is 19.7. The molecule has 2 nitrogen and oxygen atoms in total. The fourth-order valence-electron chi connectivity index (χ4n) is 3.09. The van der Waals surface area contributed by atoms with Gasteiger partial charge in [0, 0.05) is 23.8 Å². The molecule has 0 spiro atoms. The molecule has 0 bridgehead atoms. The Hall–Kier alpha value is -1.02. The van der Waals surface area contributed by atoms with Crippen molar-refractivity contribution in [3.8, 4) is 0 Å². The lowest BCUT2D eigenvalue weighted by atomic mass is 9.97. The molecule has 0 amide bonds. The Bertz CT molecular complexity index is 437. The first-order chi connectivity index (χ1) is 8.94. The molecule has 0 radical (unpaired) electrons. The van der Waals surface area contributed by atoms with Crippen molar-refractivity contribution in [1.29, 1.82) is 0 Å². The van der Waals surface area contributed by atoms with Crippen LogP contribution in [0.15, 0.2) is 18.2 Å². The molecular formula is C17H28N2. The Morgan fingerprint density at radius 2 is 2.11 bits per heavy atom. The Morgan fingerprint density at radius 1 is 1.37 bits per heavy atom. The highest BCUT2D eigenvalue weighted by atomic mass is 15.2. The van der Waals surface area contributed by atoms with Crippen LogP contribution < -0.4 is 10.6 Å². The molecule has 2 heteroatoms. The van der Waals surface area contributed by atoms with Crippen LogP contribution in [0.1, 0.15) is 51.2 Å². The Balaban J connectivity index is 2.19. The number of aryl methyl sites for hydroxylation is 1. The predicted octanol–water partition coefficient (Wildman–Crippen LogP) is 3.65. The molecule has 1 unspecified atom stereocenters. The van der Waals surface area contributed by atoms with Gasteiger partial charge in [-0.3, -0.25) is 0 Å². The van der Waals surface area contributed by atoms with Crippen LogP contribution in [0.3, 0.4) is 0 Å². The van der Waals surface area contributed by atoms with Crippen molar-refractivity contribution in [3.05, 3.63) is 29.3 Å². The number of hydrogen-bond acceptors (Lipinski definition) is 2. The molecule has 106 valence electrons. The summed E-state index contributed by atoms with van der Waals surface area (Å²) in [4.78, 5) is 2.55. The fraction of sp³-hybridized carbons (Fsp3) is 0.647. The summed E-state index contributed by atoms with van der Waals surface area (Å²) in [6.07, 6.45) is 4.62. The van der Waals surface area contributed by atoms with Crippen molar-refractivity contribution in [2.45, 2.75) is 65.0 Å². The van der Waals surface area contributed by atoms with Gasteiger partial charge in [-0.1, -0.05) is 13.0 Å². The van der Waals surface area contributed by atoms with E-state index in [0.29, 0.717) is 5.54 Å². The summed E-state index contributed by atoms with van der Waals surface area (Å²) in [5.41, 5.74) is 10.5. The van der Waals surface area contributed by atoms with E-state index in [9.17, 15) is 0 Å². The van der Waals surface area contributed by atoms with E-state index in [0.717, 1.165) is 12.8 Å². The van der Waals surface area contributed by atoms with Gasteiger partial charge in [0.15, 0.2) is 0 Å². The highest BCUT2D eigenvalue weighted by molar-refractivity contribution is 5.53. The summed E-state index contributed by atoms with van der Waals surface area (Å²) >= 11 is 0. The van der Waals surface area contributed by atoms with Crippen LogP contribution >= 0.6 is 0 Å². The molecule has 1 aliphatic heterocycles. The first-order valence-electron chi connectivity index (χ1n) is 7.57. The largest absolute Gasteiger partial charge is 0.366 e. The van der Waals surface area contributed by atoms with Crippen molar-refractivity contribution in [3.63, 3.8) is 0 Å². The first kappa shape index (κ1) is 14.4. The van der Waals surface area contributed by atoms with Crippen molar-refractivity contribution in [2.75, 3.05) is 11.4 Å². The molecule has 1 atom stereocenters. The molecule has 1 saturated heterocycles. The molecule has 0 saturated carbocycles. The summed E-state index contributed by atoms with van der Waals surface area (Å²) < 4.78 is 0. The number of rotatable bonds is 4. The third kappa shape index (κ3) is 3.11. The Morgan fingerprint density at radius 3 is 2.63 bits per heavy atom. The summed E-state index contributed by atoms with van der Waals surface area (Å²) in [5.74, 6) is 0. The summed E-state index contributed by atoms with van der Waals surface area (Å²) in [6, 6.07) is 7.17. The minimum atomic E-state index is 0.285. The van der Waals surface area contributed by atoms with Crippen LogP contribution in [0.5, 0.6) is 0 Å². The lowest BCUT2D eigenvalue weighted by Gasteiger charge is -2.34. The van der Waals surface area contributed by atoms with Gasteiger partial charge in [0.05, 0.1) is 0 Å². The van der Waals surface area contributed by atoms with E-state index in [-0.39, 0.29) is 6.04 Å². The predicted molar refractivity (Wildman–Crippen MR) is 83.8 cm³/mol. The third-order valence-electron chi connectivity index (χ3n) is 4.55. The zero-order valence-electron chi connectivity index (χ0n) is 12.9. The molecule has 0 aromatic heterocycles. The van der Waals surface area contributed by atoms with E-state index in [1.165, 1.54) is 36.2 Å². The lowest BCUT2D eigenvalue weighted by molar-refractivity contribution is 0.518. The number of nitrogens with two attached hydrogens (primary N) is 1. The Kier molecular flexibility index (Phi) is 4.19. The Labute approximate surface area is 118 Å². The average molecular weight is 260 g/mol. The van der Waals surface area contributed by atoms with Crippen LogP contribution in [0.2, 0.25) is 0 Å². The maximum Gasteiger partial charge on any atom is 0.0373 e. The van der Waals surface area contributed by atoms with Gasteiger partial charge in [-0.15, -0.1) is 0 Å². The summed E-state index contributed by atoms with van der Waals surface area (Å²) in [7, 11) is 0. The molecule has 1 aromatic rings. The lowest BCUT2D eigenvalue weighted by Crippen LogP contribution is -2.38. The number of nitrogens with zero attached hydrogens (tertiary/aromatic N) is 1. The highest BCUT2D eigenvalue weighted by Gasteiger charge is 2.31. The molecular weight excluding hydrogens is 232 g/mol. The van der Waals surface area contributed by atoms with Gasteiger partial charge >= 0.3 is 0 Å². The van der Waals surface area contributed by atoms with E-state index < -0.39 is 0 Å². The minimum absolute atomic E-state index is 0.285. The molecule has 2 rings (SSSR count). The third-order valence-corrected chi connectivity index (χ3v) is 4.55. The van der Waals surface area contributed by atoms with Crippen LogP contribution in [0.25, 0.3) is 0 Å². The van der Waals surface area contributed by atoms with Crippen molar-refractivity contribution >= 4 is 5.69 Å². The zero-order chi connectivity index (χ0) is 14.0. The van der Waals surface area contributed by atoms with Crippen LogP contribution in [-0.4, -0.2) is 18.1 Å². The van der Waals surface area contributed by atoms with E-state index in [2.05, 4.69) is 50.8 Å². The topological polar surface area (TPSA) is 29.3 Å². The van der Waals surface area contributed by atoms with E-state index >= 15 is 0 Å². The first-order valence-corrected chi connectivity index (χ1v) is 7.57. The highest BCUT2D eigenvalue weighted by Crippen LogP contribution is 2.34. The molecule has 19 heavy (non-hydrogen) atoms. The molecule has 1 heterocycles. The van der Waals surface area contributed by atoms with Gasteiger partial charge in [0.25, 0.3) is 0 Å². The maximum absolute atomic E-state index is 6.07. The number of benzene rings is 1. The maximum atomic E-state index is 6.07. The van der Waals surface area contributed by atoms with Gasteiger partial charge in [-0.05, 0) is 69.7 Å². The zero-order valence-corrected chi connectivity index (χ0v) is 12.9. The van der Waals surface area contributed by atoms with Crippen LogP contribution in [0, 0.1) is 6.92 Å². The second-order valence-electron chi connectivity index (χ2n) is 6.55. The SMILES string of the molecule is CCC(N)Cc1ccc(N2CCCC2(C)C)cc1C. The van der Waals surface area contributed by atoms with Crippen molar-refractivity contribution < 1.29 is 0 Å². The van der Waals surface area contributed by atoms with E-state index in [1.54, 1.807) is 0 Å². The molecule has 1 aliphatic rings. The second-order valence-corrected chi connectivity index (χ2v) is 6.55.